The van der Waals surface area contributed by atoms with Crippen LogP contribution in [0.1, 0.15) is 0 Å². The maximum atomic E-state index is 2.55. The number of thiophene rings is 1. The highest BCUT2D eigenvalue weighted by Crippen LogP contribution is 2.44. The number of para-hydroxylation sites is 1. The first-order chi connectivity index (χ1) is 16.9. The van der Waals surface area contributed by atoms with Gasteiger partial charge in [-0.1, -0.05) is 84.0 Å². The number of hydrogen-bond donors (Lipinski definition) is 0. The summed E-state index contributed by atoms with van der Waals surface area (Å²) in [6, 6.07) is 36.2. The van der Waals surface area contributed by atoms with Crippen molar-refractivity contribution in [1.82, 2.24) is 4.57 Å². The highest BCUT2D eigenvalue weighted by Gasteiger charge is 2.39. The van der Waals surface area contributed by atoms with Crippen molar-refractivity contribution in [3.05, 3.63) is 97.1 Å². The lowest BCUT2D eigenvalue weighted by Gasteiger charge is -2.33. The molecule has 0 atom stereocenters. The van der Waals surface area contributed by atoms with Crippen molar-refractivity contribution in [2.75, 3.05) is 0 Å². The molecule has 156 valence electrons. The molecule has 0 unspecified atom stereocenters. The standard InChI is InChI=1S/C30H16BNS2/c1-4-11-22-18(9-1)27-29-21(16-19-17-8-2-5-13-24(17)34-30(19)27)31-20-10-3-6-14-25(20)33-26-15-7-12-23(28(26)31)32(22)29/h1-16H. The molecule has 0 saturated carbocycles. The number of rotatable bonds is 0. The molecule has 7 aromatic rings. The van der Waals surface area contributed by atoms with Crippen molar-refractivity contribution in [2.24, 2.45) is 0 Å². The molecule has 9 rings (SSSR count). The van der Waals surface area contributed by atoms with Gasteiger partial charge in [0.15, 0.2) is 0 Å². The lowest BCUT2D eigenvalue weighted by atomic mass is 9.35. The molecule has 0 radical (unpaired) electrons. The zero-order chi connectivity index (χ0) is 22.0. The molecule has 2 aliphatic rings. The van der Waals surface area contributed by atoms with E-state index in [2.05, 4.69) is 102 Å². The van der Waals surface area contributed by atoms with Gasteiger partial charge in [0.25, 0.3) is 0 Å². The molecular weight excluding hydrogens is 449 g/mol. The topological polar surface area (TPSA) is 4.93 Å². The first-order valence-corrected chi connectivity index (χ1v) is 13.3. The Kier molecular flexibility index (Phi) is 3.24. The Labute approximate surface area is 204 Å². The lowest BCUT2D eigenvalue weighted by Crippen LogP contribution is -2.58. The first-order valence-electron chi connectivity index (χ1n) is 11.7. The second-order valence-electron chi connectivity index (χ2n) is 9.28. The van der Waals surface area contributed by atoms with Gasteiger partial charge in [-0.15, -0.1) is 11.3 Å². The van der Waals surface area contributed by atoms with Crippen LogP contribution in [0.15, 0.2) is 107 Å². The van der Waals surface area contributed by atoms with Crippen LogP contribution in [-0.4, -0.2) is 11.3 Å². The fourth-order valence-electron chi connectivity index (χ4n) is 6.35. The maximum Gasteiger partial charge on any atom is 0.249 e. The number of nitrogens with zero attached hydrogens (tertiary/aromatic N) is 1. The third-order valence-electron chi connectivity index (χ3n) is 7.64. The van der Waals surface area contributed by atoms with Crippen molar-refractivity contribution in [3.8, 4) is 5.69 Å². The second-order valence-corrected chi connectivity index (χ2v) is 11.4. The van der Waals surface area contributed by atoms with Crippen molar-refractivity contribution in [2.45, 2.75) is 9.79 Å². The molecule has 2 aliphatic heterocycles. The van der Waals surface area contributed by atoms with Gasteiger partial charge in [0, 0.05) is 46.4 Å². The van der Waals surface area contributed by atoms with Crippen molar-refractivity contribution in [1.29, 1.82) is 0 Å². The fraction of sp³-hybridized carbons (Fsp3) is 0. The van der Waals surface area contributed by atoms with Gasteiger partial charge in [-0.25, -0.2) is 0 Å². The van der Waals surface area contributed by atoms with Gasteiger partial charge < -0.3 is 4.57 Å². The molecule has 0 spiro atoms. The Morgan fingerprint density at radius 3 is 2.41 bits per heavy atom. The van der Waals surface area contributed by atoms with Crippen LogP contribution < -0.4 is 16.4 Å². The summed E-state index contributed by atoms with van der Waals surface area (Å²) in [5.41, 5.74) is 8.36. The van der Waals surface area contributed by atoms with Crippen LogP contribution >= 0.6 is 23.1 Å². The van der Waals surface area contributed by atoms with E-state index in [-0.39, 0.29) is 6.71 Å². The molecule has 0 bridgehead atoms. The molecule has 0 N–H and O–H groups in total. The van der Waals surface area contributed by atoms with E-state index in [1.54, 1.807) is 0 Å². The zero-order valence-corrected chi connectivity index (χ0v) is 19.7. The minimum atomic E-state index is 0.256. The number of benzene rings is 5. The predicted molar refractivity (Wildman–Crippen MR) is 149 cm³/mol. The molecule has 0 amide bonds. The summed E-state index contributed by atoms with van der Waals surface area (Å²) in [6.45, 7) is 0.256. The quantitative estimate of drug-likeness (QED) is 0.233. The molecule has 2 aromatic heterocycles. The van der Waals surface area contributed by atoms with E-state index in [9.17, 15) is 0 Å². The summed E-state index contributed by atoms with van der Waals surface area (Å²) < 4.78 is 5.33. The number of aromatic nitrogens is 1. The van der Waals surface area contributed by atoms with E-state index in [0.29, 0.717) is 0 Å². The summed E-state index contributed by atoms with van der Waals surface area (Å²) in [5.74, 6) is 0. The van der Waals surface area contributed by atoms with Crippen LogP contribution in [0.2, 0.25) is 0 Å². The van der Waals surface area contributed by atoms with Crippen LogP contribution in [0.4, 0.5) is 0 Å². The zero-order valence-electron chi connectivity index (χ0n) is 18.1. The van der Waals surface area contributed by atoms with Crippen molar-refractivity contribution in [3.63, 3.8) is 0 Å². The van der Waals surface area contributed by atoms with Crippen molar-refractivity contribution >= 4 is 88.2 Å². The van der Waals surface area contributed by atoms with Gasteiger partial charge in [0.2, 0.25) is 6.71 Å². The molecule has 0 aliphatic carbocycles. The minimum Gasteiger partial charge on any atom is -0.310 e. The van der Waals surface area contributed by atoms with Gasteiger partial charge >= 0.3 is 0 Å². The van der Waals surface area contributed by atoms with E-state index >= 15 is 0 Å². The van der Waals surface area contributed by atoms with Crippen LogP contribution in [0, 0.1) is 0 Å². The summed E-state index contributed by atoms with van der Waals surface area (Å²) >= 11 is 3.86. The highest BCUT2D eigenvalue weighted by molar-refractivity contribution is 8.00. The van der Waals surface area contributed by atoms with Crippen LogP contribution in [0.25, 0.3) is 47.7 Å². The van der Waals surface area contributed by atoms with E-state index < -0.39 is 0 Å². The van der Waals surface area contributed by atoms with Gasteiger partial charge in [-0.2, -0.15) is 0 Å². The van der Waals surface area contributed by atoms with E-state index in [4.69, 9.17) is 0 Å². The van der Waals surface area contributed by atoms with Crippen molar-refractivity contribution < 1.29 is 0 Å². The molecule has 0 fully saturated rings. The Morgan fingerprint density at radius 2 is 1.44 bits per heavy atom. The smallest absolute Gasteiger partial charge is 0.249 e. The predicted octanol–water partition coefficient (Wildman–Crippen LogP) is 6.45. The van der Waals surface area contributed by atoms with Gasteiger partial charge in [0.1, 0.15) is 0 Å². The molecule has 4 heterocycles. The highest BCUT2D eigenvalue weighted by atomic mass is 32.2. The number of hydrogen-bond acceptors (Lipinski definition) is 2. The van der Waals surface area contributed by atoms with E-state index in [1.807, 2.05) is 23.1 Å². The van der Waals surface area contributed by atoms with E-state index in [0.717, 1.165) is 0 Å². The average Bonchev–Trinajstić information content (AvgIpc) is 3.43. The average molecular weight is 465 g/mol. The minimum absolute atomic E-state index is 0.256. The summed E-state index contributed by atoms with van der Waals surface area (Å²) in [5, 5.41) is 5.53. The molecular formula is C30H16BNS2. The summed E-state index contributed by atoms with van der Waals surface area (Å²) in [6.07, 6.45) is 0. The molecule has 4 heteroatoms. The van der Waals surface area contributed by atoms with Gasteiger partial charge in [-0.3, -0.25) is 0 Å². The third-order valence-corrected chi connectivity index (χ3v) is 10.0. The van der Waals surface area contributed by atoms with Gasteiger partial charge in [-0.05, 0) is 41.3 Å². The monoisotopic (exact) mass is 465 g/mol. The number of fused-ring (bicyclic) bond motifs is 11. The third kappa shape index (κ3) is 2.02. The SMILES string of the molecule is c1ccc2c(c1)Sc1cccc3c1B2c1cc2c4ccccc4sc2c2c4ccccc4n-3c12. The van der Waals surface area contributed by atoms with Gasteiger partial charge in [0.05, 0.1) is 11.0 Å². The largest absolute Gasteiger partial charge is 0.310 e. The molecule has 34 heavy (non-hydrogen) atoms. The fourth-order valence-corrected chi connectivity index (χ4v) is 8.76. The maximum absolute atomic E-state index is 2.55. The normalized spacial score (nSPS) is 13.7. The van der Waals surface area contributed by atoms with Crippen LogP contribution in [-0.2, 0) is 0 Å². The van der Waals surface area contributed by atoms with Crippen LogP contribution in [0.5, 0.6) is 0 Å². The Morgan fingerprint density at radius 1 is 0.647 bits per heavy atom. The Hall–Kier alpha value is -3.47. The van der Waals surface area contributed by atoms with E-state index in [1.165, 1.54) is 73.8 Å². The summed E-state index contributed by atoms with van der Waals surface area (Å²) in [7, 11) is 0. The summed E-state index contributed by atoms with van der Waals surface area (Å²) in [4.78, 5) is 2.76. The Balaban J connectivity index is 1.60. The Bertz CT molecular complexity index is 2010. The molecule has 5 aromatic carbocycles. The van der Waals surface area contributed by atoms with Crippen LogP contribution in [0.3, 0.4) is 0 Å². The first kappa shape index (κ1) is 17.9. The molecule has 1 nitrogen and oxygen atoms in total. The lowest BCUT2D eigenvalue weighted by molar-refractivity contribution is 1.17. The molecule has 0 saturated heterocycles. The second kappa shape index (κ2) is 6.15.